The summed E-state index contributed by atoms with van der Waals surface area (Å²) in [5.41, 5.74) is 1.62. The fraction of sp³-hybridized carbons (Fsp3) is 0.462. The Morgan fingerprint density at radius 1 is 1.17 bits per heavy atom. The molecule has 0 unspecified atom stereocenters. The first-order chi connectivity index (χ1) is 8.46. The van der Waals surface area contributed by atoms with Crippen LogP contribution < -0.4 is 5.32 Å². The highest BCUT2D eigenvalue weighted by atomic mass is 32.2. The molecule has 1 N–H and O–H groups in total. The van der Waals surface area contributed by atoms with Crippen molar-refractivity contribution < 1.29 is 13.2 Å². The third-order valence-electron chi connectivity index (χ3n) is 3.22. The quantitative estimate of drug-likeness (QED) is 0.849. The second kappa shape index (κ2) is 5.10. The van der Waals surface area contributed by atoms with Gasteiger partial charge in [0.05, 0.1) is 11.5 Å². The Morgan fingerprint density at radius 3 is 2.22 bits per heavy atom. The Balaban J connectivity index is 1.96. The molecule has 1 aromatic carbocycles. The van der Waals surface area contributed by atoms with Crippen LogP contribution in [-0.4, -0.2) is 31.7 Å². The molecule has 0 aromatic heterocycles. The molecular formula is C13H17NO3S. The van der Waals surface area contributed by atoms with E-state index in [1.54, 1.807) is 12.1 Å². The number of Topliss-reactive ketones (excluding diaryl/α,β-unsaturated/α-hetero) is 1. The largest absolute Gasteiger partial charge is 0.382 e. The molecule has 0 bridgehead atoms. The topological polar surface area (TPSA) is 63.2 Å². The minimum absolute atomic E-state index is 0.0466. The summed E-state index contributed by atoms with van der Waals surface area (Å²) in [6.45, 7) is 1.54. The minimum Gasteiger partial charge on any atom is -0.382 e. The maximum atomic E-state index is 11.3. The third kappa shape index (κ3) is 3.32. The molecule has 1 heterocycles. The van der Waals surface area contributed by atoms with Gasteiger partial charge in [-0.25, -0.2) is 8.42 Å². The minimum atomic E-state index is -2.81. The summed E-state index contributed by atoms with van der Waals surface area (Å²) in [6.07, 6.45) is 1.30. The summed E-state index contributed by atoms with van der Waals surface area (Å²) in [6, 6.07) is 7.49. The molecule has 0 saturated carbocycles. The van der Waals surface area contributed by atoms with Gasteiger partial charge in [0, 0.05) is 17.3 Å². The SMILES string of the molecule is CC(=O)c1ccc(NC2CCS(=O)(=O)CC2)cc1. The predicted molar refractivity (Wildman–Crippen MR) is 71.7 cm³/mol. The van der Waals surface area contributed by atoms with E-state index in [1.165, 1.54) is 6.92 Å². The van der Waals surface area contributed by atoms with E-state index in [0.717, 1.165) is 5.69 Å². The Morgan fingerprint density at radius 2 is 1.72 bits per heavy atom. The Bertz CT molecular complexity index is 520. The van der Waals surface area contributed by atoms with Crippen LogP contribution in [0.25, 0.3) is 0 Å². The molecule has 2 rings (SSSR count). The van der Waals surface area contributed by atoms with E-state index in [9.17, 15) is 13.2 Å². The van der Waals surface area contributed by atoms with Gasteiger partial charge in [-0.3, -0.25) is 4.79 Å². The van der Waals surface area contributed by atoms with Crippen LogP contribution in [0.2, 0.25) is 0 Å². The molecular weight excluding hydrogens is 250 g/mol. The van der Waals surface area contributed by atoms with E-state index >= 15 is 0 Å². The first-order valence-corrected chi connectivity index (χ1v) is 7.86. The zero-order valence-corrected chi connectivity index (χ0v) is 11.2. The average Bonchev–Trinajstić information content (AvgIpc) is 2.33. The summed E-state index contributed by atoms with van der Waals surface area (Å²) in [5, 5.41) is 3.31. The van der Waals surface area contributed by atoms with E-state index < -0.39 is 9.84 Å². The Hall–Kier alpha value is -1.36. The summed E-state index contributed by atoms with van der Waals surface area (Å²) >= 11 is 0. The molecule has 1 aromatic rings. The molecule has 0 aliphatic carbocycles. The Labute approximate surface area is 107 Å². The van der Waals surface area contributed by atoms with Gasteiger partial charge in [0.1, 0.15) is 9.84 Å². The van der Waals surface area contributed by atoms with Crippen LogP contribution in [0.5, 0.6) is 0 Å². The normalized spacial score (nSPS) is 19.4. The number of rotatable bonds is 3. The van der Waals surface area contributed by atoms with Crippen molar-refractivity contribution in [3.8, 4) is 0 Å². The lowest BCUT2D eigenvalue weighted by atomic mass is 10.1. The maximum Gasteiger partial charge on any atom is 0.159 e. The van der Waals surface area contributed by atoms with Crippen LogP contribution in [0, 0.1) is 0 Å². The highest BCUT2D eigenvalue weighted by Crippen LogP contribution is 2.18. The molecule has 4 nitrogen and oxygen atoms in total. The fourth-order valence-corrected chi connectivity index (χ4v) is 3.56. The third-order valence-corrected chi connectivity index (χ3v) is 4.93. The van der Waals surface area contributed by atoms with Crippen molar-refractivity contribution in [2.24, 2.45) is 0 Å². The number of nitrogens with one attached hydrogen (secondary N) is 1. The standard InChI is InChI=1S/C13H17NO3S/c1-10(15)11-2-4-12(5-3-11)14-13-6-8-18(16,17)9-7-13/h2-5,13-14H,6-9H2,1H3. The number of carbonyl (C=O) groups is 1. The van der Waals surface area contributed by atoms with Gasteiger partial charge in [-0.2, -0.15) is 0 Å². The number of hydrogen-bond acceptors (Lipinski definition) is 4. The second-order valence-corrected chi connectivity index (χ2v) is 7.01. The van der Waals surface area contributed by atoms with Gasteiger partial charge < -0.3 is 5.32 Å². The van der Waals surface area contributed by atoms with E-state index in [0.29, 0.717) is 18.4 Å². The van der Waals surface area contributed by atoms with Gasteiger partial charge in [0.25, 0.3) is 0 Å². The number of carbonyl (C=O) groups excluding carboxylic acids is 1. The smallest absolute Gasteiger partial charge is 0.159 e. The van der Waals surface area contributed by atoms with Gasteiger partial charge in [0.15, 0.2) is 5.78 Å². The van der Waals surface area contributed by atoms with Gasteiger partial charge >= 0.3 is 0 Å². The summed E-state index contributed by atoms with van der Waals surface area (Å²) in [7, 11) is -2.81. The van der Waals surface area contributed by atoms with Crippen molar-refractivity contribution in [3.05, 3.63) is 29.8 Å². The second-order valence-electron chi connectivity index (χ2n) is 4.70. The van der Waals surface area contributed by atoms with E-state index in [4.69, 9.17) is 0 Å². The van der Waals surface area contributed by atoms with E-state index in [2.05, 4.69) is 5.32 Å². The van der Waals surface area contributed by atoms with Gasteiger partial charge in [-0.15, -0.1) is 0 Å². The van der Waals surface area contributed by atoms with Crippen molar-refractivity contribution in [1.29, 1.82) is 0 Å². The number of benzene rings is 1. The lowest BCUT2D eigenvalue weighted by Gasteiger charge is -2.24. The molecule has 0 atom stereocenters. The zero-order valence-electron chi connectivity index (χ0n) is 10.3. The molecule has 1 fully saturated rings. The predicted octanol–water partition coefficient (Wildman–Crippen LogP) is 1.88. The highest BCUT2D eigenvalue weighted by Gasteiger charge is 2.23. The molecule has 5 heteroatoms. The van der Waals surface area contributed by atoms with E-state index in [1.807, 2.05) is 12.1 Å². The molecule has 18 heavy (non-hydrogen) atoms. The molecule has 1 aliphatic heterocycles. The monoisotopic (exact) mass is 267 g/mol. The zero-order chi connectivity index (χ0) is 13.2. The summed E-state index contributed by atoms with van der Waals surface area (Å²) < 4.78 is 22.6. The lowest BCUT2D eigenvalue weighted by Crippen LogP contribution is -2.32. The molecule has 0 amide bonds. The fourth-order valence-electron chi connectivity index (χ4n) is 2.07. The van der Waals surface area contributed by atoms with Crippen molar-refractivity contribution in [2.75, 3.05) is 16.8 Å². The van der Waals surface area contributed by atoms with Crippen molar-refractivity contribution in [2.45, 2.75) is 25.8 Å². The first-order valence-electron chi connectivity index (χ1n) is 6.04. The van der Waals surface area contributed by atoms with Gasteiger partial charge in [-0.1, -0.05) is 0 Å². The highest BCUT2D eigenvalue weighted by molar-refractivity contribution is 7.91. The van der Waals surface area contributed by atoms with Crippen LogP contribution in [0.15, 0.2) is 24.3 Å². The van der Waals surface area contributed by atoms with Crippen LogP contribution in [0.4, 0.5) is 5.69 Å². The van der Waals surface area contributed by atoms with Crippen molar-refractivity contribution >= 4 is 21.3 Å². The summed E-state index contributed by atoms with van der Waals surface area (Å²) in [4.78, 5) is 11.1. The van der Waals surface area contributed by atoms with Crippen LogP contribution >= 0.6 is 0 Å². The first kappa shape index (κ1) is 13.1. The van der Waals surface area contributed by atoms with E-state index in [-0.39, 0.29) is 23.3 Å². The van der Waals surface area contributed by atoms with Crippen LogP contribution in [0.3, 0.4) is 0 Å². The van der Waals surface area contributed by atoms with Crippen molar-refractivity contribution in [1.82, 2.24) is 0 Å². The van der Waals surface area contributed by atoms with Gasteiger partial charge in [-0.05, 0) is 44.0 Å². The van der Waals surface area contributed by atoms with Crippen molar-refractivity contribution in [3.63, 3.8) is 0 Å². The molecule has 0 radical (unpaired) electrons. The number of ketones is 1. The van der Waals surface area contributed by atoms with Crippen LogP contribution in [0.1, 0.15) is 30.1 Å². The number of hydrogen-bond donors (Lipinski definition) is 1. The Kier molecular flexibility index (Phi) is 3.71. The molecule has 1 saturated heterocycles. The molecule has 0 spiro atoms. The maximum absolute atomic E-state index is 11.3. The average molecular weight is 267 g/mol. The molecule has 98 valence electrons. The number of sulfone groups is 1. The molecule has 1 aliphatic rings. The lowest BCUT2D eigenvalue weighted by molar-refractivity contribution is 0.101. The van der Waals surface area contributed by atoms with Gasteiger partial charge in [0.2, 0.25) is 0 Å². The number of anilines is 1. The summed E-state index contributed by atoms with van der Waals surface area (Å²) in [5.74, 6) is 0.567. The van der Waals surface area contributed by atoms with Crippen LogP contribution in [-0.2, 0) is 9.84 Å².